The van der Waals surface area contributed by atoms with Gasteiger partial charge in [-0.05, 0) is 30.2 Å². The van der Waals surface area contributed by atoms with Crippen molar-refractivity contribution in [1.29, 1.82) is 0 Å². The Morgan fingerprint density at radius 1 is 1.29 bits per heavy atom. The van der Waals surface area contributed by atoms with Gasteiger partial charge in [-0.25, -0.2) is 0 Å². The van der Waals surface area contributed by atoms with Crippen LogP contribution in [0.5, 0.6) is 5.75 Å². The highest BCUT2D eigenvalue weighted by Crippen LogP contribution is 2.18. The molecule has 0 spiro atoms. The first-order chi connectivity index (χ1) is 6.63. The minimum atomic E-state index is 0.0659. The van der Waals surface area contributed by atoms with Gasteiger partial charge in [0.25, 0.3) is 0 Å². The fraction of sp³-hybridized carbons (Fsp3) is 0.455. The van der Waals surface area contributed by atoms with E-state index in [0.29, 0.717) is 17.5 Å². The van der Waals surface area contributed by atoms with Crippen LogP contribution in [0, 0.1) is 5.92 Å². The van der Waals surface area contributed by atoms with Gasteiger partial charge in [0.15, 0.2) is 0 Å². The van der Waals surface area contributed by atoms with Crippen LogP contribution < -0.4 is 10.5 Å². The van der Waals surface area contributed by atoms with E-state index in [0.717, 1.165) is 5.75 Å². The van der Waals surface area contributed by atoms with E-state index in [4.69, 9.17) is 22.1 Å². The van der Waals surface area contributed by atoms with Gasteiger partial charge in [-0.15, -0.1) is 0 Å². The van der Waals surface area contributed by atoms with Crippen molar-refractivity contribution in [3.05, 3.63) is 29.3 Å². The van der Waals surface area contributed by atoms with Crippen molar-refractivity contribution in [2.75, 3.05) is 6.54 Å². The molecule has 1 rings (SSSR count). The molecule has 2 N–H and O–H groups in total. The third-order valence-corrected chi connectivity index (χ3v) is 2.33. The van der Waals surface area contributed by atoms with Crippen LogP contribution in [0.15, 0.2) is 24.3 Å². The number of benzene rings is 1. The number of hydrogen-bond acceptors (Lipinski definition) is 2. The standard InChI is InChI=1S/C11H16ClNO/c1-8(2)11(7-13)14-10-5-3-9(12)4-6-10/h3-6,8,11H,7,13H2,1-2H3. The van der Waals surface area contributed by atoms with Gasteiger partial charge in [-0.3, -0.25) is 0 Å². The van der Waals surface area contributed by atoms with E-state index in [1.54, 1.807) is 0 Å². The van der Waals surface area contributed by atoms with Gasteiger partial charge >= 0.3 is 0 Å². The van der Waals surface area contributed by atoms with Crippen molar-refractivity contribution in [3.8, 4) is 5.75 Å². The van der Waals surface area contributed by atoms with Crippen LogP contribution >= 0.6 is 11.6 Å². The second kappa shape index (κ2) is 5.23. The molecule has 0 saturated carbocycles. The maximum Gasteiger partial charge on any atom is 0.119 e. The topological polar surface area (TPSA) is 35.2 Å². The molecule has 0 bridgehead atoms. The molecule has 0 heterocycles. The molecule has 0 aliphatic carbocycles. The van der Waals surface area contributed by atoms with Crippen LogP contribution in [-0.4, -0.2) is 12.6 Å². The smallest absolute Gasteiger partial charge is 0.119 e. The summed E-state index contributed by atoms with van der Waals surface area (Å²) in [6, 6.07) is 7.33. The fourth-order valence-corrected chi connectivity index (χ4v) is 1.27. The largest absolute Gasteiger partial charge is 0.489 e. The molecule has 0 aliphatic heterocycles. The van der Waals surface area contributed by atoms with E-state index >= 15 is 0 Å². The summed E-state index contributed by atoms with van der Waals surface area (Å²) in [7, 11) is 0. The highest BCUT2D eigenvalue weighted by Gasteiger charge is 2.12. The predicted molar refractivity (Wildman–Crippen MR) is 59.8 cm³/mol. The van der Waals surface area contributed by atoms with E-state index in [2.05, 4.69) is 13.8 Å². The van der Waals surface area contributed by atoms with Crippen LogP contribution in [0.1, 0.15) is 13.8 Å². The molecule has 14 heavy (non-hydrogen) atoms. The zero-order valence-electron chi connectivity index (χ0n) is 8.53. The summed E-state index contributed by atoms with van der Waals surface area (Å²) in [6.45, 7) is 4.71. The first kappa shape index (κ1) is 11.3. The Morgan fingerprint density at radius 2 is 1.86 bits per heavy atom. The van der Waals surface area contributed by atoms with Crippen LogP contribution in [0.3, 0.4) is 0 Å². The number of rotatable bonds is 4. The number of ether oxygens (including phenoxy) is 1. The van der Waals surface area contributed by atoms with Crippen LogP contribution in [-0.2, 0) is 0 Å². The highest BCUT2D eigenvalue weighted by molar-refractivity contribution is 6.30. The number of hydrogen-bond donors (Lipinski definition) is 1. The Bertz CT molecular complexity index is 271. The molecule has 3 heteroatoms. The Hall–Kier alpha value is -0.730. The lowest BCUT2D eigenvalue weighted by molar-refractivity contribution is 0.159. The minimum absolute atomic E-state index is 0.0659. The van der Waals surface area contributed by atoms with Gasteiger partial charge in [-0.1, -0.05) is 25.4 Å². The zero-order chi connectivity index (χ0) is 10.6. The number of halogens is 1. The Balaban J connectivity index is 2.63. The van der Waals surface area contributed by atoms with E-state index in [-0.39, 0.29) is 6.10 Å². The van der Waals surface area contributed by atoms with E-state index < -0.39 is 0 Å². The first-order valence-electron chi connectivity index (χ1n) is 4.75. The molecule has 1 atom stereocenters. The summed E-state index contributed by atoms with van der Waals surface area (Å²) in [5.41, 5.74) is 5.60. The summed E-state index contributed by atoms with van der Waals surface area (Å²) in [6.07, 6.45) is 0.0659. The zero-order valence-corrected chi connectivity index (χ0v) is 9.29. The van der Waals surface area contributed by atoms with Crippen LogP contribution in [0.4, 0.5) is 0 Å². The molecule has 2 nitrogen and oxygen atoms in total. The quantitative estimate of drug-likeness (QED) is 0.835. The van der Waals surface area contributed by atoms with Crippen LogP contribution in [0.25, 0.3) is 0 Å². The van der Waals surface area contributed by atoms with Crippen molar-refractivity contribution < 1.29 is 4.74 Å². The van der Waals surface area contributed by atoms with Crippen molar-refractivity contribution >= 4 is 11.6 Å². The van der Waals surface area contributed by atoms with Gasteiger partial charge in [0.2, 0.25) is 0 Å². The maximum absolute atomic E-state index is 5.76. The van der Waals surface area contributed by atoms with Crippen molar-refractivity contribution in [3.63, 3.8) is 0 Å². The van der Waals surface area contributed by atoms with Gasteiger partial charge in [0.1, 0.15) is 11.9 Å². The Morgan fingerprint density at radius 3 is 2.29 bits per heavy atom. The summed E-state index contributed by atoms with van der Waals surface area (Å²) < 4.78 is 5.70. The molecule has 0 fully saturated rings. The summed E-state index contributed by atoms with van der Waals surface area (Å²) in [5.74, 6) is 1.23. The lowest BCUT2D eigenvalue weighted by Gasteiger charge is -2.20. The normalized spacial score (nSPS) is 12.9. The van der Waals surface area contributed by atoms with Crippen molar-refractivity contribution in [2.45, 2.75) is 20.0 Å². The molecule has 0 aromatic heterocycles. The monoisotopic (exact) mass is 213 g/mol. The lowest BCUT2D eigenvalue weighted by Crippen LogP contribution is -2.31. The van der Waals surface area contributed by atoms with E-state index in [9.17, 15) is 0 Å². The first-order valence-corrected chi connectivity index (χ1v) is 5.13. The predicted octanol–water partition coefficient (Wildman–Crippen LogP) is 2.70. The van der Waals surface area contributed by atoms with Crippen molar-refractivity contribution in [2.24, 2.45) is 11.7 Å². The van der Waals surface area contributed by atoms with Crippen molar-refractivity contribution in [1.82, 2.24) is 0 Å². The molecule has 0 saturated heterocycles. The van der Waals surface area contributed by atoms with E-state index in [1.165, 1.54) is 0 Å². The summed E-state index contributed by atoms with van der Waals surface area (Å²) in [5, 5.41) is 0.714. The molecular weight excluding hydrogens is 198 g/mol. The third-order valence-electron chi connectivity index (χ3n) is 2.08. The average Bonchev–Trinajstić information content (AvgIpc) is 2.16. The molecule has 1 aromatic carbocycles. The Labute approximate surface area is 90.0 Å². The van der Waals surface area contributed by atoms with Crippen LogP contribution in [0.2, 0.25) is 5.02 Å². The molecule has 1 aromatic rings. The second-order valence-corrected chi connectivity index (χ2v) is 4.03. The number of nitrogens with two attached hydrogens (primary N) is 1. The lowest BCUT2D eigenvalue weighted by atomic mass is 10.1. The molecule has 0 radical (unpaired) electrons. The molecule has 0 amide bonds. The SMILES string of the molecule is CC(C)C(CN)Oc1ccc(Cl)cc1. The fourth-order valence-electron chi connectivity index (χ4n) is 1.14. The van der Waals surface area contributed by atoms with Gasteiger partial charge in [0.05, 0.1) is 0 Å². The molecular formula is C11H16ClNO. The summed E-state index contributed by atoms with van der Waals surface area (Å²) in [4.78, 5) is 0. The molecule has 1 unspecified atom stereocenters. The molecule has 78 valence electrons. The average molecular weight is 214 g/mol. The van der Waals surface area contributed by atoms with Gasteiger partial charge in [-0.2, -0.15) is 0 Å². The molecule has 0 aliphatic rings. The van der Waals surface area contributed by atoms with Gasteiger partial charge in [0, 0.05) is 11.6 Å². The third kappa shape index (κ3) is 3.20. The summed E-state index contributed by atoms with van der Waals surface area (Å²) >= 11 is 5.76. The van der Waals surface area contributed by atoms with E-state index in [1.807, 2.05) is 24.3 Å². The second-order valence-electron chi connectivity index (χ2n) is 3.59. The van der Waals surface area contributed by atoms with Gasteiger partial charge < -0.3 is 10.5 Å². The Kier molecular flexibility index (Phi) is 4.23. The minimum Gasteiger partial charge on any atom is -0.489 e. The highest BCUT2D eigenvalue weighted by atomic mass is 35.5. The maximum atomic E-state index is 5.76.